The van der Waals surface area contributed by atoms with Crippen LogP contribution in [0.2, 0.25) is 0 Å². The van der Waals surface area contributed by atoms with Crippen LogP contribution < -0.4 is 4.74 Å². The SMILES string of the molecule is CCCCCCOc1ccc(CCC(C)C(=O)O)cc1. The standard InChI is InChI=1S/C17H26O3/c1-3-4-5-6-13-20-16-11-9-15(10-12-16)8-7-14(2)17(18)19/h9-12,14H,3-8,13H2,1-2H3,(H,18,19). The lowest BCUT2D eigenvalue weighted by molar-refractivity contribution is -0.141. The first-order valence-corrected chi connectivity index (χ1v) is 7.58. The van der Waals surface area contributed by atoms with Gasteiger partial charge in [-0.1, -0.05) is 45.2 Å². The summed E-state index contributed by atoms with van der Waals surface area (Å²) < 4.78 is 5.68. The topological polar surface area (TPSA) is 46.5 Å². The Morgan fingerprint density at radius 1 is 1.20 bits per heavy atom. The number of aliphatic carboxylic acids is 1. The number of rotatable bonds is 10. The molecule has 0 spiro atoms. The minimum atomic E-state index is -0.725. The summed E-state index contributed by atoms with van der Waals surface area (Å²) in [7, 11) is 0. The molecular weight excluding hydrogens is 252 g/mol. The number of hydrogen-bond acceptors (Lipinski definition) is 2. The van der Waals surface area contributed by atoms with Crippen LogP contribution in [0.5, 0.6) is 5.75 Å². The van der Waals surface area contributed by atoms with Crippen LogP contribution in [-0.2, 0) is 11.2 Å². The van der Waals surface area contributed by atoms with E-state index in [4.69, 9.17) is 9.84 Å². The van der Waals surface area contributed by atoms with Crippen LogP contribution in [0.25, 0.3) is 0 Å². The van der Waals surface area contributed by atoms with Gasteiger partial charge in [0.25, 0.3) is 0 Å². The Bertz CT molecular complexity index is 384. The molecule has 0 aliphatic carbocycles. The number of carbonyl (C=O) groups is 1. The van der Waals surface area contributed by atoms with Gasteiger partial charge in [-0.25, -0.2) is 0 Å². The van der Waals surface area contributed by atoms with E-state index in [0.29, 0.717) is 6.42 Å². The summed E-state index contributed by atoms with van der Waals surface area (Å²) >= 11 is 0. The molecule has 1 atom stereocenters. The molecule has 0 aliphatic rings. The highest BCUT2D eigenvalue weighted by atomic mass is 16.5. The molecule has 3 heteroatoms. The fraction of sp³-hybridized carbons (Fsp3) is 0.588. The number of ether oxygens (including phenoxy) is 1. The van der Waals surface area contributed by atoms with E-state index in [1.165, 1.54) is 19.3 Å². The maximum atomic E-state index is 10.7. The highest BCUT2D eigenvalue weighted by Gasteiger charge is 2.10. The third-order valence-electron chi connectivity index (χ3n) is 3.48. The Morgan fingerprint density at radius 2 is 1.90 bits per heavy atom. The second kappa shape index (κ2) is 9.40. The van der Waals surface area contributed by atoms with Crippen molar-refractivity contribution in [3.63, 3.8) is 0 Å². The second-order valence-corrected chi connectivity index (χ2v) is 5.33. The largest absolute Gasteiger partial charge is 0.494 e. The van der Waals surface area contributed by atoms with Crippen molar-refractivity contribution in [1.29, 1.82) is 0 Å². The summed E-state index contributed by atoms with van der Waals surface area (Å²) in [5.41, 5.74) is 1.16. The van der Waals surface area contributed by atoms with Crippen LogP contribution in [0.3, 0.4) is 0 Å². The van der Waals surface area contributed by atoms with E-state index in [-0.39, 0.29) is 5.92 Å². The number of unbranched alkanes of at least 4 members (excludes halogenated alkanes) is 3. The predicted molar refractivity (Wildman–Crippen MR) is 81.2 cm³/mol. The highest BCUT2D eigenvalue weighted by molar-refractivity contribution is 5.69. The summed E-state index contributed by atoms with van der Waals surface area (Å²) in [6, 6.07) is 7.99. The quantitative estimate of drug-likeness (QED) is 0.649. The molecule has 0 saturated heterocycles. The zero-order valence-electron chi connectivity index (χ0n) is 12.6. The molecule has 20 heavy (non-hydrogen) atoms. The average Bonchev–Trinajstić information content (AvgIpc) is 2.45. The number of carboxylic acid groups (broad SMARTS) is 1. The van der Waals surface area contributed by atoms with Crippen molar-refractivity contribution in [3.8, 4) is 5.75 Å². The first-order chi connectivity index (χ1) is 9.63. The van der Waals surface area contributed by atoms with Crippen LogP contribution in [0, 0.1) is 5.92 Å². The first kappa shape index (κ1) is 16.5. The summed E-state index contributed by atoms with van der Waals surface area (Å²) in [5.74, 6) is -0.113. The van der Waals surface area contributed by atoms with Gasteiger partial charge >= 0.3 is 5.97 Å². The van der Waals surface area contributed by atoms with Crippen molar-refractivity contribution in [2.45, 2.75) is 52.4 Å². The van der Waals surface area contributed by atoms with E-state index < -0.39 is 5.97 Å². The smallest absolute Gasteiger partial charge is 0.306 e. The molecule has 0 saturated carbocycles. The Balaban J connectivity index is 2.27. The van der Waals surface area contributed by atoms with E-state index in [0.717, 1.165) is 30.8 Å². The lowest BCUT2D eigenvalue weighted by atomic mass is 10.0. The van der Waals surface area contributed by atoms with E-state index in [1.807, 2.05) is 24.3 Å². The predicted octanol–water partition coefficient (Wildman–Crippen LogP) is 4.30. The van der Waals surface area contributed by atoms with Crippen molar-refractivity contribution in [3.05, 3.63) is 29.8 Å². The maximum absolute atomic E-state index is 10.7. The molecule has 1 unspecified atom stereocenters. The molecule has 1 N–H and O–H groups in total. The Kier molecular flexibility index (Phi) is 7.78. The third-order valence-corrected chi connectivity index (χ3v) is 3.48. The van der Waals surface area contributed by atoms with Crippen molar-refractivity contribution in [2.75, 3.05) is 6.61 Å². The lowest BCUT2D eigenvalue weighted by Gasteiger charge is -2.08. The highest BCUT2D eigenvalue weighted by Crippen LogP contribution is 2.16. The molecule has 112 valence electrons. The fourth-order valence-corrected chi connectivity index (χ4v) is 1.98. The van der Waals surface area contributed by atoms with Crippen LogP contribution in [-0.4, -0.2) is 17.7 Å². The minimum absolute atomic E-state index is 0.288. The normalized spacial score (nSPS) is 12.1. The second-order valence-electron chi connectivity index (χ2n) is 5.33. The molecule has 1 aromatic rings. The van der Waals surface area contributed by atoms with Gasteiger partial charge in [0.15, 0.2) is 0 Å². The van der Waals surface area contributed by atoms with E-state index >= 15 is 0 Å². The summed E-state index contributed by atoms with van der Waals surface area (Å²) in [5, 5.41) is 8.84. The fourth-order valence-electron chi connectivity index (χ4n) is 1.98. The van der Waals surface area contributed by atoms with Crippen LogP contribution in [0.1, 0.15) is 51.5 Å². The van der Waals surface area contributed by atoms with Gasteiger partial charge in [-0.15, -0.1) is 0 Å². The molecule has 0 fully saturated rings. The lowest BCUT2D eigenvalue weighted by Crippen LogP contribution is -2.10. The zero-order valence-corrected chi connectivity index (χ0v) is 12.6. The number of hydrogen-bond donors (Lipinski definition) is 1. The van der Waals surface area contributed by atoms with Crippen molar-refractivity contribution in [2.24, 2.45) is 5.92 Å². The molecule has 0 amide bonds. The number of aryl methyl sites for hydroxylation is 1. The van der Waals surface area contributed by atoms with E-state index in [2.05, 4.69) is 6.92 Å². The minimum Gasteiger partial charge on any atom is -0.494 e. The van der Waals surface area contributed by atoms with Crippen molar-refractivity contribution in [1.82, 2.24) is 0 Å². The summed E-state index contributed by atoms with van der Waals surface area (Å²) in [6.45, 7) is 4.72. The Hall–Kier alpha value is -1.51. The molecule has 1 rings (SSSR count). The summed E-state index contributed by atoms with van der Waals surface area (Å²) in [4.78, 5) is 10.7. The Labute approximate surface area is 122 Å². The molecule has 3 nitrogen and oxygen atoms in total. The average molecular weight is 278 g/mol. The van der Waals surface area contributed by atoms with Gasteiger partial charge in [-0.3, -0.25) is 4.79 Å². The van der Waals surface area contributed by atoms with Gasteiger partial charge in [0.05, 0.1) is 12.5 Å². The molecule has 0 bridgehead atoms. The monoisotopic (exact) mass is 278 g/mol. The van der Waals surface area contributed by atoms with E-state index in [9.17, 15) is 4.79 Å². The van der Waals surface area contributed by atoms with Crippen molar-refractivity contribution >= 4 is 5.97 Å². The Morgan fingerprint density at radius 3 is 2.50 bits per heavy atom. The van der Waals surface area contributed by atoms with Gasteiger partial charge in [-0.05, 0) is 37.0 Å². The van der Waals surface area contributed by atoms with E-state index in [1.54, 1.807) is 6.92 Å². The van der Waals surface area contributed by atoms with Gasteiger partial charge in [0.2, 0.25) is 0 Å². The first-order valence-electron chi connectivity index (χ1n) is 7.58. The molecule has 0 heterocycles. The number of benzene rings is 1. The van der Waals surface area contributed by atoms with Crippen LogP contribution in [0.15, 0.2) is 24.3 Å². The molecule has 0 aliphatic heterocycles. The van der Waals surface area contributed by atoms with Crippen LogP contribution >= 0.6 is 0 Å². The van der Waals surface area contributed by atoms with Crippen LogP contribution in [0.4, 0.5) is 0 Å². The molecule has 0 radical (unpaired) electrons. The van der Waals surface area contributed by atoms with Gasteiger partial charge in [-0.2, -0.15) is 0 Å². The maximum Gasteiger partial charge on any atom is 0.306 e. The molecule has 1 aromatic carbocycles. The molecular formula is C17H26O3. The third kappa shape index (κ3) is 6.60. The van der Waals surface area contributed by atoms with Gasteiger partial charge in [0.1, 0.15) is 5.75 Å². The summed E-state index contributed by atoms with van der Waals surface area (Å²) in [6.07, 6.45) is 6.30. The molecule has 0 aromatic heterocycles. The van der Waals surface area contributed by atoms with Gasteiger partial charge < -0.3 is 9.84 Å². The zero-order chi connectivity index (χ0) is 14.8. The van der Waals surface area contributed by atoms with Gasteiger partial charge in [0, 0.05) is 0 Å². The number of carboxylic acids is 1. The van der Waals surface area contributed by atoms with Crippen molar-refractivity contribution < 1.29 is 14.6 Å².